The highest BCUT2D eigenvalue weighted by Gasteiger charge is 2.30. The van der Waals surface area contributed by atoms with E-state index in [1.54, 1.807) is 13.2 Å². The number of halogens is 1. The summed E-state index contributed by atoms with van der Waals surface area (Å²) in [6.45, 7) is 4.05. The van der Waals surface area contributed by atoms with Crippen LogP contribution in [0.5, 0.6) is 0 Å². The maximum Gasteiger partial charge on any atom is 0.317 e. The number of benzene rings is 1. The van der Waals surface area contributed by atoms with Crippen molar-refractivity contribution in [3.8, 4) is 0 Å². The Morgan fingerprint density at radius 3 is 2.69 bits per heavy atom. The van der Waals surface area contributed by atoms with Gasteiger partial charge in [0.25, 0.3) is 0 Å². The molecule has 0 bridgehead atoms. The van der Waals surface area contributed by atoms with Gasteiger partial charge in [-0.3, -0.25) is 0 Å². The number of aryl methyl sites for hydroxylation is 1. The van der Waals surface area contributed by atoms with Crippen LogP contribution >= 0.6 is 0 Å². The summed E-state index contributed by atoms with van der Waals surface area (Å²) in [6, 6.07) is 5.23. The quantitative estimate of drug-likeness (QED) is 0.359. The molecular formula is C29H48FN3O3. The number of likely N-dealkylation sites (N-methyl/N-ethyl adjacent to an activating group) is 1. The van der Waals surface area contributed by atoms with Crippen LogP contribution in [0.15, 0.2) is 18.2 Å². The molecule has 3 rings (SSSR count). The van der Waals surface area contributed by atoms with E-state index >= 15 is 0 Å². The summed E-state index contributed by atoms with van der Waals surface area (Å²) < 4.78 is 19.9. The van der Waals surface area contributed by atoms with Crippen molar-refractivity contribution in [2.24, 2.45) is 11.8 Å². The fourth-order valence-corrected chi connectivity index (χ4v) is 6.10. The van der Waals surface area contributed by atoms with E-state index in [1.165, 1.54) is 38.2 Å². The van der Waals surface area contributed by atoms with E-state index in [0.29, 0.717) is 30.9 Å². The van der Waals surface area contributed by atoms with Crippen LogP contribution in [0, 0.1) is 24.6 Å². The lowest BCUT2D eigenvalue weighted by atomic mass is 9.85. The Hall–Kier alpha value is -1.70. The average Bonchev–Trinajstić information content (AvgIpc) is 2.89. The number of nitrogens with zero attached hydrogens (tertiary/aromatic N) is 1. The van der Waals surface area contributed by atoms with Gasteiger partial charge in [0, 0.05) is 44.3 Å². The van der Waals surface area contributed by atoms with Crippen molar-refractivity contribution in [3.63, 3.8) is 0 Å². The van der Waals surface area contributed by atoms with Gasteiger partial charge in [-0.05, 0) is 64.5 Å². The summed E-state index contributed by atoms with van der Waals surface area (Å²) in [5.41, 5.74) is 1.58. The summed E-state index contributed by atoms with van der Waals surface area (Å²) in [5.74, 6) is 0.529. The highest BCUT2D eigenvalue weighted by Crippen LogP contribution is 2.29. The van der Waals surface area contributed by atoms with Gasteiger partial charge in [0.2, 0.25) is 0 Å². The van der Waals surface area contributed by atoms with Gasteiger partial charge >= 0.3 is 6.03 Å². The van der Waals surface area contributed by atoms with E-state index in [2.05, 4.69) is 10.6 Å². The molecule has 1 heterocycles. The Morgan fingerprint density at radius 2 is 1.97 bits per heavy atom. The minimum absolute atomic E-state index is 0.00247. The van der Waals surface area contributed by atoms with Gasteiger partial charge in [0.15, 0.2) is 0 Å². The molecule has 36 heavy (non-hydrogen) atoms. The largest absolute Gasteiger partial charge is 0.393 e. The summed E-state index contributed by atoms with van der Waals surface area (Å²) in [6.07, 6.45) is 10.6. The zero-order chi connectivity index (χ0) is 25.9. The lowest BCUT2D eigenvalue weighted by Crippen LogP contribution is -2.52. The fourth-order valence-electron chi connectivity index (χ4n) is 6.10. The number of nitrogens with one attached hydrogen (secondary N) is 2. The van der Waals surface area contributed by atoms with E-state index in [4.69, 9.17) is 4.74 Å². The molecule has 1 saturated carbocycles. The number of carbonyl (C=O) groups is 1. The Labute approximate surface area is 217 Å². The van der Waals surface area contributed by atoms with Gasteiger partial charge in [0.05, 0.1) is 12.2 Å². The Bertz CT molecular complexity index is 802. The maximum atomic E-state index is 14.3. The first-order valence-corrected chi connectivity index (χ1v) is 14.1. The molecule has 2 aliphatic rings. The molecule has 204 valence electrons. The Morgan fingerprint density at radius 1 is 1.19 bits per heavy atom. The van der Waals surface area contributed by atoms with Gasteiger partial charge < -0.3 is 25.4 Å². The second-order valence-electron chi connectivity index (χ2n) is 11.0. The standard InChI is InChI=1S/C29H48FN3O3/c1-21-14-15-26(30)25(17-21)28(36-3)13-7-12-27(34)23-11-8-16-33(20-23)29(35)32-24(19-31-2)18-22-9-5-4-6-10-22/h14-15,17,22-24,27-28,31,34H,4-13,16,18-20H2,1-3H3,(H,32,35). The van der Waals surface area contributed by atoms with E-state index in [-0.39, 0.29) is 29.9 Å². The van der Waals surface area contributed by atoms with Crippen LogP contribution in [-0.2, 0) is 4.74 Å². The molecule has 6 nitrogen and oxygen atoms in total. The van der Waals surface area contributed by atoms with Crippen molar-refractivity contribution in [1.29, 1.82) is 0 Å². The summed E-state index contributed by atoms with van der Waals surface area (Å²) in [5, 5.41) is 17.4. The zero-order valence-electron chi connectivity index (χ0n) is 22.6. The molecule has 2 fully saturated rings. The van der Waals surface area contributed by atoms with Crippen molar-refractivity contribution in [1.82, 2.24) is 15.5 Å². The molecule has 7 heteroatoms. The first-order chi connectivity index (χ1) is 17.4. The van der Waals surface area contributed by atoms with E-state index in [9.17, 15) is 14.3 Å². The van der Waals surface area contributed by atoms with Crippen LogP contribution in [0.4, 0.5) is 9.18 Å². The third kappa shape index (κ3) is 8.70. The predicted octanol–water partition coefficient (Wildman–Crippen LogP) is 5.33. The third-order valence-corrected chi connectivity index (χ3v) is 8.16. The van der Waals surface area contributed by atoms with Crippen molar-refractivity contribution < 1.29 is 19.0 Å². The molecule has 2 amide bonds. The molecule has 0 aromatic heterocycles. The number of rotatable bonds is 12. The van der Waals surface area contributed by atoms with Gasteiger partial charge in [0.1, 0.15) is 5.82 Å². The number of piperidine rings is 1. The first-order valence-electron chi connectivity index (χ1n) is 14.1. The number of amides is 2. The number of methoxy groups -OCH3 is 1. The molecule has 3 N–H and O–H groups in total. The van der Waals surface area contributed by atoms with E-state index < -0.39 is 6.10 Å². The highest BCUT2D eigenvalue weighted by molar-refractivity contribution is 5.74. The Balaban J connectivity index is 1.46. The summed E-state index contributed by atoms with van der Waals surface area (Å²) in [7, 11) is 3.55. The molecule has 1 aliphatic heterocycles. The highest BCUT2D eigenvalue weighted by atomic mass is 19.1. The van der Waals surface area contributed by atoms with Crippen molar-refractivity contribution >= 4 is 6.03 Å². The molecule has 0 spiro atoms. The van der Waals surface area contributed by atoms with Crippen LogP contribution in [-0.4, -0.2) is 62.0 Å². The third-order valence-electron chi connectivity index (χ3n) is 8.16. The Kier molecular flexibility index (Phi) is 11.9. The molecule has 4 atom stereocenters. The van der Waals surface area contributed by atoms with E-state index in [1.807, 2.05) is 24.9 Å². The van der Waals surface area contributed by atoms with Gasteiger partial charge in [-0.1, -0.05) is 49.8 Å². The van der Waals surface area contributed by atoms with Crippen molar-refractivity contribution in [2.75, 3.05) is 33.8 Å². The van der Waals surface area contributed by atoms with E-state index in [0.717, 1.165) is 44.3 Å². The number of likely N-dealkylation sites (tertiary alicyclic amines) is 1. The lowest BCUT2D eigenvalue weighted by molar-refractivity contribution is 0.0451. The molecular weight excluding hydrogens is 457 g/mol. The molecule has 1 aromatic carbocycles. The van der Waals surface area contributed by atoms with Crippen molar-refractivity contribution in [3.05, 3.63) is 35.1 Å². The first kappa shape index (κ1) is 28.9. The lowest BCUT2D eigenvalue weighted by Gasteiger charge is -2.36. The van der Waals surface area contributed by atoms with Crippen LogP contribution in [0.3, 0.4) is 0 Å². The zero-order valence-corrected chi connectivity index (χ0v) is 22.6. The topological polar surface area (TPSA) is 73.8 Å². The predicted molar refractivity (Wildman–Crippen MR) is 142 cm³/mol. The monoisotopic (exact) mass is 505 g/mol. The van der Waals surface area contributed by atoms with Gasteiger partial charge in [-0.15, -0.1) is 0 Å². The maximum absolute atomic E-state index is 14.3. The number of aliphatic hydroxyl groups excluding tert-OH is 1. The SMILES string of the molecule is CNCC(CC1CCCCC1)NC(=O)N1CCCC(C(O)CCCC(OC)c2cc(C)ccc2F)C1. The van der Waals surface area contributed by atoms with Crippen LogP contribution < -0.4 is 10.6 Å². The van der Waals surface area contributed by atoms with Gasteiger partial charge in [-0.2, -0.15) is 0 Å². The molecule has 4 unspecified atom stereocenters. The number of ether oxygens (including phenoxy) is 1. The minimum atomic E-state index is -0.476. The number of carbonyl (C=O) groups excluding carboxylic acids is 1. The number of hydrogen-bond acceptors (Lipinski definition) is 4. The van der Waals surface area contributed by atoms with Crippen LogP contribution in [0.25, 0.3) is 0 Å². The van der Waals surface area contributed by atoms with Crippen LogP contribution in [0.2, 0.25) is 0 Å². The van der Waals surface area contributed by atoms with Gasteiger partial charge in [-0.25, -0.2) is 9.18 Å². The number of aliphatic hydroxyl groups is 1. The molecule has 0 radical (unpaired) electrons. The molecule has 1 saturated heterocycles. The summed E-state index contributed by atoms with van der Waals surface area (Å²) in [4.78, 5) is 15.0. The summed E-state index contributed by atoms with van der Waals surface area (Å²) >= 11 is 0. The smallest absolute Gasteiger partial charge is 0.317 e. The number of urea groups is 1. The second-order valence-corrected chi connectivity index (χ2v) is 11.0. The molecule has 1 aromatic rings. The molecule has 1 aliphatic carbocycles. The number of hydrogen-bond donors (Lipinski definition) is 3. The minimum Gasteiger partial charge on any atom is -0.393 e. The average molecular weight is 506 g/mol. The normalized spacial score (nSPS) is 21.7. The van der Waals surface area contributed by atoms with Crippen molar-refractivity contribution in [2.45, 2.75) is 95.8 Å². The van der Waals surface area contributed by atoms with Crippen LogP contribution in [0.1, 0.15) is 87.9 Å². The fraction of sp³-hybridized carbons (Fsp3) is 0.759. The second kappa shape index (κ2) is 14.9.